The molecule has 0 spiro atoms. The topological polar surface area (TPSA) is 88.5 Å². The number of nitrogens with zero attached hydrogens (tertiary/aromatic N) is 1. The lowest BCUT2D eigenvalue weighted by Crippen LogP contribution is -2.39. The van der Waals surface area contributed by atoms with Crippen molar-refractivity contribution >= 4 is 52.8 Å². The van der Waals surface area contributed by atoms with Crippen molar-refractivity contribution in [3.63, 3.8) is 0 Å². The zero-order valence-corrected chi connectivity index (χ0v) is 21.1. The molecule has 0 radical (unpaired) electrons. The number of pyridine rings is 1. The molecule has 0 amide bonds. The van der Waals surface area contributed by atoms with E-state index in [2.05, 4.69) is 5.32 Å². The smallest absolute Gasteiger partial charge is 0.326 e. The van der Waals surface area contributed by atoms with Crippen molar-refractivity contribution in [3.8, 4) is 28.3 Å². The SMILES string of the molecule is CC1(C)C=C(NC(CC=O)C(=O)O)c2cc(-c3ccc(Cl)cc3)c(-c3ccc(Cl)cc3Cl)nc2O1. The summed E-state index contributed by atoms with van der Waals surface area (Å²) < 4.78 is 6.15. The number of rotatable bonds is 7. The molecule has 0 saturated carbocycles. The van der Waals surface area contributed by atoms with Gasteiger partial charge in [-0.25, -0.2) is 9.78 Å². The van der Waals surface area contributed by atoms with E-state index in [0.29, 0.717) is 49.8 Å². The number of hydrogen-bond donors (Lipinski definition) is 2. The maximum Gasteiger partial charge on any atom is 0.326 e. The molecule has 1 atom stereocenters. The van der Waals surface area contributed by atoms with Gasteiger partial charge in [0.25, 0.3) is 0 Å². The van der Waals surface area contributed by atoms with Crippen molar-refractivity contribution in [2.24, 2.45) is 0 Å². The summed E-state index contributed by atoms with van der Waals surface area (Å²) in [6, 6.07) is 13.2. The average Bonchev–Trinajstić information content (AvgIpc) is 2.78. The molecular formula is C26H21Cl3N2O4. The number of halogens is 3. The first kappa shape index (κ1) is 25.0. The van der Waals surface area contributed by atoms with Crippen LogP contribution < -0.4 is 10.1 Å². The first-order valence-electron chi connectivity index (χ1n) is 10.7. The van der Waals surface area contributed by atoms with Gasteiger partial charge >= 0.3 is 5.97 Å². The van der Waals surface area contributed by atoms with Crippen molar-refractivity contribution in [1.29, 1.82) is 0 Å². The van der Waals surface area contributed by atoms with Crippen molar-refractivity contribution < 1.29 is 19.4 Å². The maximum absolute atomic E-state index is 11.7. The lowest BCUT2D eigenvalue weighted by atomic mass is 9.94. The van der Waals surface area contributed by atoms with Crippen LogP contribution in [0.3, 0.4) is 0 Å². The molecule has 0 aliphatic carbocycles. The Morgan fingerprint density at radius 1 is 1.06 bits per heavy atom. The van der Waals surface area contributed by atoms with Crippen molar-refractivity contribution in [2.45, 2.75) is 31.9 Å². The zero-order chi connectivity index (χ0) is 25.3. The fourth-order valence-corrected chi connectivity index (χ4v) is 4.46. The number of ether oxygens (including phenoxy) is 1. The first-order valence-corrected chi connectivity index (χ1v) is 11.8. The third-order valence-corrected chi connectivity index (χ3v) is 6.23. The van der Waals surface area contributed by atoms with Gasteiger partial charge in [-0.1, -0.05) is 46.9 Å². The molecule has 9 heteroatoms. The van der Waals surface area contributed by atoms with Crippen LogP contribution in [0.25, 0.3) is 28.1 Å². The molecule has 35 heavy (non-hydrogen) atoms. The van der Waals surface area contributed by atoms with E-state index < -0.39 is 17.6 Å². The molecule has 0 fully saturated rings. The van der Waals surface area contributed by atoms with E-state index in [1.54, 1.807) is 36.4 Å². The average molecular weight is 532 g/mol. The predicted molar refractivity (Wildman–Crippen MR) is 138 cm³/mol. The first-order chi connectivity index (χ1) is 16.6. The van der Waals surface area contributed by atoms with Gasteiger partial charge in [0, 0.05) is 33.3 Å². The molecule has 1 aliphatic rings. The van der Waals surface area contributed by atoms with Crippen LogP contribution in [-0.4, -0.2) is 34.0 Å². The Labute approximate surface area is 217 Å². The summed E-state index contributed by atoms with van der Waals surface area (Å²) >= 11 is 18.8. The number of carbonyl (C=O) groups is 2. The highest BCUT2D eigenvalue weighted by molar-refractivity contribution is 6.36. The summed E-state index contributed by atoms with van der Waals surface area (Å²) in [6.45, 7) is 3.66. The Morgan fingerprint density at radius 3 is 2.37 bits per heavy atom. The van der Waals surface area contributed by atoms with E-state index in [-0.39, 0.29) is 6.42 Å². The minimum atomic E-state index is -1.14. The molecule has 0 bridgehead atoms. The number of aldehydes is 1. The van der Waals surface area contributed by atoms with Crippen LogP contribution in [0.1, 0.15) is 25.8 Å². The van der Waals surface area contributed by atoms with Crippen LogP contribution in [0.4, 0.5) is 0 Å². The number of hydrogen-bond acceptors (Lipinski definition) is 5. The van der Waals surface area contributed by atoms with Gasteiger partial charge in [-0.2, -0.15) is 0 Å². The molecule has 2 aromatic carbocycles. The number of fused-ring (bicyclic) bond motifs is 1. The summed E-state index contributed by atoms with van der Waals surface area (Å²) in [7, 11) is 0. The third-order valence-electron chi connectivity index (χ3n) is 5.43. The fraction of sp³-hybridized carbons (Fsp3) is 0.192. The number of nitrogens with one attached hydrogen (secondary N) is 1. The highest BCUT2D eigenvalue weighted by atomic mass is 35.5. The minimum Gasteiger partial charge on any atom is -0.480 e. The third kappa shape index (κ3) is 5.45. The Hall–Kier alpha value is -3.06. The lowest BCUT2D eigenvalue weighted by Gasteiger charge is -2.32. The second kappa shape index (κ2) is 9.90. The number of aliphatic carboxylic acids is 1. The molecule has 1 aromatic heterocycles. The largest absolute Gasteiger partial charge is 0.480 e. The number of carboxylic acid groups (broad SMARTS) is 1. The van der Waals surface area contributed by atoms with Crippen molar-refractivity contribution in [2.75, 3.05) is 0 Å². The Balaban J connectivity index is 1.94. The zero-order valence-electron chi connectivity index (χ0n) is 18.8. The number of benzene rings is 2. The number of carboxylic acids is 1. The Kier molecular flexibility index (Phi) is 7.08. The van der Waals surface area contributed by atoms with Crippen LogP contribution in [0, 0.1) is 0 Å². The van der Waals surface area contributed by atoms with Gasteiger partial charge in [0.2, 0.25) is 5.88 Å². The van der Waals surface area contributed by atoms with E-state index in [9.17, 15) is 14.7 Å². The molecule has 4 rings (SSSR count). The minimum absolute atomic E-state index is 0.195. The number of carbonyl (C=O) groups excluding carboxylic acids is 1. The summed E-state index contributed by atoms with van der Waals surface area (Å²) in [5.74, 6) is -0.840. The second-order valence-corrected chi connectivity index (χ2v) is 9.85. The van der Waals surface area contributed by atoms with E-state index in [0.717, 1.165) is 11.1 Å². The Morgan fingerprint density at radius 2 is 1.74 bits per heavy atom. The van der Waals surface area contributed by atoms with Crippen LogP contribution >= 0.6 is 34.8 Å². The van der Waals surface area contributed by atoms with Crippen LogP contribution in [0.5, 0.6) is 5.88 Å². The van der Waals surface area contributed by atoms with Crippen LogP contribution in [0.15, 0.2) is 54.6 Å². The summed E-state index contributed by atoms with van der Waals surface area (Å²) in [5.41, 5.74) is 3.02. The quantitative estimate of drug-likeness (QED) is 0.338. The van der Waals surface area contributed by atoms with Crippen LogP contribution in [0.2, 0.25) is 15.1 Å². The van der Waals surface area contributed by atoms with E-state index >= 15 is 0 Å². The molecule has 2 N–H and O–H groups in total. The van der Waals surface area contributed by atoms with Gasteiger partial charge in [-0.3, -0.25) is 0 Å². The van der Waals surface area contributed by atoms with Crippen molar-refractivity contribution in [1.82, 2.24) is 10.3 Å². The van der Waals surface area contributed by atoms with Gasteiger partial charge < -0.3 is 20.0 Å². The monoisotopic (exact) mass is 530 g/mol. The van der Waals surface area contributed by atoms with Gasteiger partial charge in [-0.05, 0) is 61.9 Å². The van der Waals surface area contributed by atoms with E-state index in [1.165, 1.54) is 0 Å². The maximum atomic E-state index is 11.7. The van der Waals surface area contributed by atoms with Gasteiger partial charge in [0.15, 0.2) is 0 Å². The standard InChI is InChI=1S/C26H21Cl3N2O4/c1-26(2)13-22(30-21(9-10-32)25(33)34)19-12-18(14-3-5-15(27)6-4-14)23(31-24(19)35-26)17-8-7-16(28)11-20(17)29/h3-8,10-13,21,30H,9H2,1-2H3,(H,33,34). The number of aromatic nitrogens is 1. The normalized spacial score (nSPS) is 14.8. The molecule has 3 aromatic rings. The van der Waals surface area contributed by atoms with Gasteiger partial charge in [-0.15, -0.1) is 0 Å². The summed E-state index contributed by atoms with van der Waals surface area (Å²) in [6.07, 6.45) is 2.15. The molecule has 1 unspecified atom stereocenters. The predicted octanol–water partition coefficient (Wildman–Crippen LogP) is 6.52. The summed E-state index contributed by atoms with van der Waals surface area (Å²) in [4.78, 5) is 27.6. The molecule has 0 saturated heterocycles. The van der Waals surface area contributed by atoms with Gasteiger partial charge in [0.1, 0.15) is 17.9 Å². The highest BCUT2D eigenvalue weighted by Crippen LogP contribution is 2.43. The molecule has 1 aliphatic heterocycles. The molecular weight excluding hydrogens is 511 g/mol. The van der Waals surface area contributed by atoms with E-state index in [1.807, 2.05) is 32.0 Å². The fourth-order valence-electron chi connectivity index (χ4n) is 3.83. The second-order valence-electron chi connectivity index (χ2n) is 8.57. The highest BCUT2D eigenvalue weighted by Gasteiger charge is 2.32. The van der Waals surface area contributed by atoms with E-state index in [4.69, 9.17) is 44.5 Å². The molecule has 180 valence electrons. The van der Waals surface area contributed by atoms with Crippen LogP contribution in [-0.2, 0) is 9.59 Å². The lowest BCUT2D eigenvalue weighted by molar-refractivity contribution is -0.140. The Bertz CT molecular complexity index is 1340. The van der Waals surface area contributed by atoms with Crippen molar-refractivity contribution in [3.05, 3.63) is 75.2 Å². The van der Waals surface area contributed by atoms with Gasteiger partial charge in [0.05, 0.1) is 16.3 Å². The molecule has 2 heterocycles. The molecule has 6 nitrogen and oxygen atoms in total. The summed E-state index contributed by atoms with van der Waals surface area (Å²) in [5, 5.41) is 14.1.